The normalized spacial score (nSPS) is 12.2. The summed E-state index contributed by atoms with van der Waals surface area (Å²) in [6.45, 7) is 3.91. The van der Waals surface area contributed by atoms with E-state index in [-0.39, 0.29) is 12.1 Å². The van der Waals surface area contributed by atoms with E-state index in [9.17, 15) is 0 Å². The maximum absolute atomic E-state index is 6.05. The molecule has 0 radical (unpaired) electrons. The first kappa shape index (κ1) is 15.6. The van der Waals surface area contributed by atoms with E-state index < -0.39 is 0 Å². The van der Waals surface area contributed by atoms with Gasteiger partial charge in [-0.15, -0.1) is 11.6 Å². The van der Waals surface area contributed by atoms with Crippen LogP contribution in [0.5, 0.6) is 5.88 Å². The number of hydrogen-bond acceptors (Lipinski definition) is 4. The quantitative estimate of drug-likeness (QED) is 0.795. The molecule has 0 spiro atoms. The number of benzene rings is 1. The van der Waals surface area contributed by atoms with Crippen molar-refractivity contribution >= 4 is 17.4 Å². The Balaban J connectivity index is 2.01. The van der Waals surface area contributed by atoms with Gasteiger partial charge in [0.25, 0.3) is 0 Å². The van der Waals surface area contributed by atoms with E-state index >= 15 is 0 Å². The van der Waals surface area contributed by atoms with Crippen molar-refractivity contribution in [2.75, 3.05) is 11.2 Å². The summed E-state index contributed by atoms with van der Waals surface area (Å²) < 4.78 is 5.54. The molecule has 1 atom stereocenters. The van der Waals surface area contributed by atoms with Crippen molar-refractivity contribution < 1.29 is 4.74 Å². The van der Waals surface area contributed by atoms with Crippen LogP contribution < -0.4 is 10.1 Å². The predicted molar refractivity (Wildman–Crippen MR) is 86.1 cm³/mol. The van der Waals surface area contributed by atoms with Gasteiger partial charge in [0.05, 0.1) is 18.5 Å². The lowest BCUT2D eigenvalue weighted by Gasteiger charge is -2.17. The van der Waals surface area contributed by atoms with Crippen molar-refractivity contribution in [3.63, 3.8) is 0 Å². The van der Waals surface area contributed by atoms with Crippen molar-refractivity contribution in [1.29, 1.82) is 0 Å². The first-order valence-corrected chi connectivity index (χ1v) is 7.56. The summed E-state index contributed by atoms with van der Waals surface area (Å²) in [6.07, 6.45) is 4.19. The molecule has 1 aromatic carbocycles. The van der Waals surface area contributed by atoms with E-state index in [1.54, 1.807) is 12.4 Å². The number of nitrogens with one attached hydrogen (secondary N) is 1. The molecule has 2 rings (SSSR count). The summed E-state index contributed by atoms with van der Waals surface area (Å²) in [5.74, 6) is 1.68. The summed E-state index contributed by atoms with van der Waals surface area (Å²) >= 11 is 6.05. The lowest BCUT2D eigenvalue weighted by Crippen LogP contribution is -2.25. The van der Waals surface area contributed by atoms with Crippen molar-refractivity contribution in [2.45, 2.75) is 32.4 Å². The molecule has 0 bridgehead atoms. The zero-order valence-electron chi connectivity index (χ0n) is 12.3. The van der Waals surface area contributed by atoms with Crippen LogP contribution in [0, 0.1) is 0 Å². The second-order valence-electron chi connectivity index (χ2n) is 5.09. The molecule has 0 aliphatic carbocycles. The molecule has 1 aromatic heterocycles. The van der Waals surface area contributed by atoms with Crippen LogP contribution in [0.2, 0.25) is 0 Å². The summed E-state index contributed by atoms with van der Waals surface area (Å²) in [6, 6.07) is 10.3. The van der Waals surface area contributed by atoms with Gasteiger partial charge in [0.2, 0.25) is 5.88 Å². The highest BCUT2D eigenvalue weighted by molar-refractivity contribution is 6.18. The smallest absolute Gasteiger partial charge is 0.234 e. The van der Waals surface area contributed by atoms with Crippen molar-refractivity contribution in [3.8, 4) is 5.88 Å². The molecule has 1 heterocycles. The Morgan fingerprint density at radius 3 is 2.62 bits per heavy atom. The minimum Gasteiger partial charge on any atom is -0.474 e. The van der Waals surface area contributed by atoms with Gasteiger partial charge in [-0.1, -0.05) is 30.3 Å². The first-order valence-electron chi connectivity index (χ1n) is 7.02. The van der Waals surface area contributed by atoms with E-state index in [2.05, 4.69) is 27.4 Å². The van der Waals surface area contributed by atoms with Gasteiger partial charge in [-0.25, -0.2) is 0 Å². The Morgan fingerprint density at radius 2 is 1.95 bits per heavy atom. The number of anilines is 1. The molecular formula is C16H20ClN3O. The number of alkyl halides is 1. The molecule has 0 fully saturated rings. The largest absolute Gasteiger partial charge is 0.474 e. The first-order chi connectivity index (χ1) is 10.2. The van der Waals surface area contributed by atoms with Crippen LogP contribution in [0.3, 0.4) is 0 Å². The Bertz CT molecular complexity index is 548. The number of ether oxygens (including phenoxy) is 1. The maximum Gasteiger partial charge on any atom is 0.234 e. The second kappa shape index (κ2) is 7.84. The minimum atomic E-state index is 0.0719. The molecule has 21 heavy (non-hydrogen) atoms. The number of aromatic nitrogens is 2. The van der Waals surface area contributed by atoms with Crippen molar-refractivity contribution in [2.24, 2.45) is 0 Å². The van der Waals surface area contributed by atoms with Gasteiger partial charge < -0.3 is 10.1 Å². The average Bonchev–Trinajstić information content (AvgIpc) is 2.47. The van der Waals surface area contributed by atoms with Gasteiger partial charge in [0.15, 0.2) is 0 Å². The number of hydrogen-bond donors (Lipinski definition) is 1. The molecule has 0 saturated heterocycles. The van der Waals surface area contributed by atoms with Crippen LogP contribution in [-0.2, 0) is 6.42 Å². The summed E-state index contributed by atoms with van der Waals surface area (Å²) in [5, 5.41) is 3.31. The molecule has 0 saturated carbocycles. The average molecular weight is 306 g/mol. The fourth-order valence-corrected chi connectivity index (χ4v) is 2.15. The molecule has 5 heteroatoms. The molecule has 0 aliphatic heterocycles. The zero-order valence-corrected chi connectivity index (χ0v) is 13.0. The third-order valence-electron chi connectivity index (χ3n) is 2.83. The van der Waals surface area contributed by atoms with Crippen LogP contribution in [0.15, 0.2) is 42.7 Å². The Morgan fingerprint density at radius 1 is 1.19 bits per heavy atom. The second-order valence-corrected chi connectivity index (χ2v) is 5.40. The lowest BCUT2D eigenvalue weighted by molar-refractivity contribution is 0.232. The third-order valence-corrected chi connectivity index (χ3v) is 3.20. The van der Waals surface area contributed by atoms with Crippen LogP contribution in [0.25, 0.3) is 0 Å². The Labute approximate surface area is 130 Å². The molecule has 1 N–H and O–H groups in total. The number of rotatable bonds is 7. The SMILES string of the molecule is CC(C)Oc1cncc(NC(CCl)Cc2ccccc2)n1. The van der Waals surface area contributed by atoms with Gasteiger partial charge in [-0.2, -0.15) is 4.98 Å². The number of nitrogens with zero attached hydrogens (tertiary/aromatic N) is 2. The standard InChI is InChI=1S/C16H20ClN3O/c1-12(2)21-16-11-18-10-15(20-16)19-14(9-17)8-13-6-4-3-5-7-13/h3-7,10-12,14H,8-9H2,1-2H3,(H,19,20). The van der Waals surface area contributed by atoms with E-state index in [1.807, 2.05) is 32.0 Å². The van der Waals surface area contributed by atoms with Gasteiger partial charge in [-0.05, 0) is 25.8 Å². The Kier molecular flexibility index (Phi) is 5.81. The van der Waals surface area contributed by atoms with Crippen LogP contribution in [0.4, 0.5) is 5.82 Å². The zero-order chi connectivity index (χ0) is 15.1. The summed E-state index contributed by atoms with van der Waals surface area (Å²) in [7, 11) is 0. The third kappa shape index (κ3) is 5.23. The van der Waals surface area contributed by atoms with Gasteiger partial charge >= 0.3 is 0 Å². The number of halogens is 1. The molecular weight excluding hydrogens is 286 g/mol. The highest BCUT2D eigenvalue weighted by Gasteiger charge is 2.10. The van der Waals surface area contributed by atoms with E-state index in [4.69, 9.17) is 16.3 Å². The lowest BCUT2D eigenvalue weighted by atomic mass is 10.1. The topological polar surface area (TPSA) is 47.0 Å². The fourth-order valence-electron chi connectivity index (χ4n) is 1.97. The Hall–Kier alpha value is -1.81. The highest BCUT2D eigenvalue weighted by Crippen LogP contribution is 2.14. The monoisotopic (exact) mass is 305 g/mol. The highest BCUT2D eigenvalue weighted by atomic mass is 35.5. The summed E-state index contributed by atoms with van der Waals surface area (Å²) in [4.78, 5) is 8.53. The predicted octanol–water partition coefficient (Wildman–Crippen LogP) is 3.53. The van der Waals surface area contributed by atoms with Crippen LogP contribution >= 0.6 is 11.6 Å². The van der Waals surface area contributed by atoms with Crippen LogP contribution in [0.1, 0.15) is 19.4 Å². The van der Waals surface area contributed by atoms with Crippen LogP contribution in [-0.4, -0.2) is 28.0 Å². The van der Waals surface area contributed by atoms with Crippen molar-refractivity contribution in [1.82, 2.24) is 9.97 Å². The molecule has 0 amide bonds. The van der Waals surface area contributed by atoms with Gasteiger partial charge in [0.1, 0.15) is 5.82 Å². The van der Waals surface area contributed by atoms with Gasteiger partial charge in [-0.3, -0.25) is 4.98 Å². The molecule has 0 aliphatic rings. The van der Waals surface area contributed by atoms with E-state index in [1.165, 1.54) is 5.56 Å². The molecule has 2 aromatic rings. The molecule has 1 unspecified atom stereocenters. The maximum atomic E-state index is 6.05. The van der Waals surface area contributed by atoms with E-state index in [0.29, 0.717) is 17.6 Å². The minimum absolute atomic E-state index is 0.0719. The molecule has 4 nitrogen and oxygen atoms in total. The van der Waals surface area contributed by atoms with Gasteiger partial charge in [0, 0.05) is 11.9 Å². The van der Waals surface area contributed by atoms with Crippen molar-refractivity contribution in [3.05, 3.63) is 48.3 Å². The summed E-state index contributed by atoms with van der Waals surface area (Å²) in [5.41, 5.74) is 1.23. The van der Waals surface area contributed by atoms with E-state index in [0.717, 1.165) is 6.42 Å². The molecule has 112 valence electrons. The fraction of sp³-hybridized carbons (Fsp3) is 0.375.